The number of rotatable bonds is 2. The van der Waals surface area contributed by atoms with Crippen LogP contribution in [0.25, 0.3) is 5.65 Å². The van der Waals surface area contributed by atoms with E-state index in [2.05, 4.69) is 15.1 Å². The second kappa shape index (κ2) is 4.56. The fourth-order valence-electron chi connectivity index (χ4n) is 2.18. The van der Waals surface area contributed by atoms with E-state index in [0.29, 0.717) is 0 Å². The molecule has 4 atom stereocenters. The maximum Gasteiger partial charge on any atom is 0.328 e. The van der Waals surface area contributed by atoms with Gasteiger partial charge in [0.05, 0.1) is 11.9 Å². The predicted octanol–water partition coefficient (Wildman–Crippen LogP) is -0.0460. The fourth-order valence-corrected chi connectivity index (χ4v) is 2.18. The van der Waals surface area contributed by atoms with E-state index >= 15 is 0 Å². The first-order valence-electron chi connectivity index (χ1n) is 5.73. The molecule has 10 heteroatoms. The molecule has 3 N–H and O–H groups in total. The first-order chi connectivity index (χ1) is 9.52. The van der Waals surface area contributed by atoms with Gasteiger partial charge in [-0.1, -0.05) is 0 Å². The molecule has 3 heterocycles. The largest absolute Gasteiger partial charge is 0.387 e. The summed E-state index contributed by atoms with van der Waals surface area (Å²) in [6.07, 6.45) is -6.04. The van der Waals surface area contributed by atoms with E-state index in [1.165, 1.54) is 6.20 Å². The van der Waals surface area contributed by atoms with Gasteiger partial charge >= 0.3 is 6.08 Å². The van der Waals surface area contributed by atoms with Crippen LogP contribution in [0.15, 0.2) is 6.20 Å². The number of anilines is 1. The average Bonchev–Trinajstić information content (AvgIpc) is 2.93. The second-order valence-corrected chi connectivity index (χ2v) is 4.37. The second-order valence-electron chi connectivity index (χ2n) is 4.37. The minimum atomic E-state index is -1.88. The molecule has 1 aliphatic heterocycles. The number of nitrogens with zero attached hydrogens (tertiary/aromatic N) is 4. The van der Waals surface area contributed by atoms with Crippen LogP contribution >= 0.6 is 0 Å². The Labute approximate surface area is 110 Å². The van der Waals surface area contributed by atoms with Crippen molar-refractivity contribution in [2.75, 3.05) is 12.4 Å². The van der Waals surface area contributed by atoms with Crippen molar-refractivity contribution < 1.29 is 23.0 Å². The Morgan fingerprint density at radius 3 is 2.90 bits per heavy atom. The number of nitrogens with two attached hydrogens (primary N) is 1. The number of hydrogen-bond donors (Lipinski definition) is 2. The quantitative estimate of drug-likeness (QED) is 0.804. The zero-order chi connectivity index (χ0) is 14.4. The molecule has 1 fully saturated rings. The maximum atomic E-state index is 14.0. The van der Waals surface area contributed by atoms with E-state index in [1.54, 1.807) is 0 Å². The van der Waals surface area contributed by atoms with Gasteiger partial charge in [0.2, 0.25) is 0 Å². The number of imidazole rings is 1. The van der Waals surface area contributed by atoms with Crippen LogP contribution < -0.4 is 5.73 Å². The summed E-state index contributed by atoms with van der Waals surface area (Å²) in [5, 5.41) is 12.9. The highest BCUT2D eigenvalue weighted by atomic mass is 19.1. The Morgan fingerprint density at radius 1 is 1.50 bits per heavy atom. The summed E-state index contributed by atoms with van der Waals surface area (Å²) in [5.41, 5.74) is 5.51. The first-order valence-corrected chi connectivity index (χ1v) is 5.73. The van der Waals surface area contributed by atoms with E-state index in [1.807, 2.05) is 0 Å². The smallest absolute Gasteiger partial charge is 0.328 e. The zero-order valence-corrected chi connectivity index (χ0v) is 9.95. The molecule has 1 aliphatic rings. The van der Waals surface area contributed by atoms with Gasteiger partial charge in [-0.2, -0.15) is 9.37 Å². The SMILES string of the molecule is Nc1nc(F)nn2c(C3OC(CF)C(O)C3F)cnc12. The first kappa shape index (κ1) is 13.1. The highest BCUT2D eigenvalue weighted by molar-refractivity contribution is 5.59. The molecule has 0 amide bonds. The Morgan fingerprint density at radius 2 is 2.25 bits per heavy atom. The van der Waals surface area contributed by atoms with Gasteiger partial charge in [0, 0.05) is 0 Å². The minimum Gasteiger partial charge on any atom is -0.387 e. The highest BCUT2D eigenvalue weighted by Crippen LogP contribution is 2.36. The fraction of sp³-hybridized carbons (Fsp3) is 0.500. The molecule has 2 aromatic heterocycles. The lowest BCUT2D eigenvalue weighted by molar-refractivity contribution is -0.00621. The third kappa shape index (κ3) is 1.79. The van der Waals surface area contributed by atoms with Gasteiger partial charge in [-0.15, -0.1) is 5.10 Å². The summed E-state index contributed by atoms with van der Waals surface area (Å²) < 4.78 is 45.7. The molecule has 7 nitrogen and oxygen atoms in total. The molecule has 4 unspecified atom stereocenters. The van der Waals surface area contributed by atoms with Crippen LogP contribution in [0.1, 0.15) is 11.8 Å². The van der Waals surface area contributed by atoms with Crippen LogP contribution in [-0.4, -0.2) is 49.7 Å². The Kier molecular flexibility index (Phi) is 2.98. The molecule has 3 rings (SSSR count). The van der Waals surface area contributed by atoms with Crippen molar-refractivity contribution in [3.8, 4) is 0 Å². The van der Waals surface area contributed by atoms with Gasteiger partial charge in [0.25, 0.3) is 0 Å². The van der Waals surface area contributed by atoms with Crippen LogP contribution in [0.2, 0.25) is 0 Å². The molecular formula is C10H10F3N5O2. The van der Waals surface area contributed by atoms with Crippen molar-refractivity contribution in [3.63, 3.8) is 0 Å². The van der Waals surface area contributed by atoms with Gasteiger partial charge in [-0.05, 0) is 0 Å². The predicted molar refractivity (Wildman–Crippen MR) is 59.6 cm³/mol. The van der Waals surface area contributed by atoms with Crippen molar-refractivity contribution in [2.45, 2.75) is 24.5 Å². The molecule has 0 aromatic carbocycles. The van der Waals surface area contributed by atoms with Crippen LogP contribution in [0.4, 0.5) is 19.0 Å². The summed E-state index contributed by atoms with van der Waals surface area (Å²) in [4.78, 5) is 7.12. The standard InChI is InChI=1S/C10H10F3N5O2/c11-1-4-6(19)5(12)7(20-4)3-2-15-9-8(14)16-10(13)17-18(3)9/h2,4-7,19H,1H2,(H2,14,16,17). The molecule has 2 aromatic rings. The summed E-state index contributed by atoms with van der Waals surface area (Å²) >= 11 is 0. The summed E-state index contributed by atoms with van der Waals surface area (Å²) in [6, 6.07) is 0. The van der Waals surface area contributed by atoms with E-state index in [0.717, 1.165) is 4.52 Å². The molecule has 20 heavy (non-hydrogen) atoms. The number of aliphatic hydroxyl groups excluding tert-OH is 1. The highest BCUT2D eigenvalue weighted by Gasteiger charge is 2.46. The van der Waals surface area contributed by atoms with Crippen LogP contribution in [0, 0.1) is 6.08 Å². The van der Waals surface area contributed by atoms with Crippen molar-refractivity contribution in [1.82, 2.24) is 19.6 Å². The van der Waals surface area contributed by atoms with Gasteiger partial charge in [0.15, 0.2) is 17.6 Å². The van der Waals surface area contributed by atoms with Crippen molar-refractivity contribution in [1.29, 1.82) is 0 Å². The summed E-state index contributed by atoms with van der Waals surface area (Å²) in [6.45, 7) is -1.04. The number of aromatic nitrogens is 4. The summed E-state index contributed by atoms with van der Waals surface area (Å²) in [7, 11) is 0. The lowest BCUT2D eigenvalue weighted by atomic mass is 10.1. The third-order valence-corrected chi connectivity index (χ3v) is 3.15. The number of alkyl halides is 2. The van der Waals surface area contributed by atoms with Crippen molar-refractivity contribution >= 4 is 11.5 Å². The molecule has 1 saturated heterocycles. The molecule has 0 bridgehead atoms. The minimum absolute atomic E-state index is 0.0235. The average molecular weight is 289 g/mol. The molecule has 0 spiro atoms. The van der Waals surface area contributed by atoms with Crippen LogP contribution in [0.5, 0.6) is 0 Å². The molecular weight excluding hydrogens is 279 g/mol. The monoisotopic (exact) mass is 289 g/mol. The zero-order valence-electron chi connectivity index (χ0n) is 9.95. The lowest BCUT2D eigenvalue weighted by Crippen LogP contribution is -2.29. The Balaban J connectivity index is 2.07. The van der Waals surface area contributed by atoms with E-state index < -0.39 is 37.2 Å². The topological polar surface area (TPSA) is 98.6 Å². The number of fused-ring (bicyclic) bond motifs is 1. The molecule has 0 aliphatic carbocycles. The van der Waals surface area contributed by atoms with Gasteiger partial charge in [-0.3, -0.25) is 0 Å². The molecule has 108 valence electrons. The number of halogens is 3. The van der Waals surface area contributed by atoms with E-state index in [9.17, 15) is 18.3 Å². The van der Waals surface area contributed by atoms with E-state index in [4.69, 9.17) is 10.5 Å². The van der Waals surface area contributed by atoms with E-state index in [-0.39, 0.29) is 17.2 Å². The molecule has 0 saturated carbocycles. The Bertz CT molecular complexity index is 651. The van der Waals surface area contributed by atoms with Gasteiger partial charge < -0.3 is 15.6 Å². The molecule has 0 radical (unpaired) electrons. The van der Waals surface area contributed by atoms with Crippen LogP contribution in [-0.2, 0) is 4.74 Å². The van der Waals surface area contributed by atoms with Gasteiger partial charge in [0.1, 0.15) is 25.0 Å². The van der Waals surface area contributed by atoms with Gasteiger partial charge in [-0.25, -0.2) is 18.3 Å². The Hall–Kier alpha value is -1.94. The number of aliphatic hydroxyl groups is 1. The number of hydrogen-bond acceptors (Lipinski definition) is 6. The summed E-state index contributed by atoms with van der Waals surface area (Å²) in [5.74, 6) is -0.222. The van der Waals surface area contributed by atoms with Crippen molar-refractivity contribution in [2.24, 2.45) is 0 Å². The maximum absolute atomic E-state index is 14.0. The lowest BCUT2D eigenvalue weighted by Gasteiger charge is -2.11. The van der Waals surface area contributed by atoms with Crippen LogP contribution in [0.3, 0.4) is 0 Å². The van der Waals surface area contributed by atoms with Crippen molar-refractivity contribution in [3.05, 3.63) is 18.0 Å². The third-order valence-electron chi connectivity index (χ3n) is 3.15. The normalized spacial score (nSPS) is 30.2. The number of nitrogen functional groups attached to an aromatic ring is 1. The number of ether oxygens (including phenoxy) is 1.